The highest BCUT2D eigenvalue weighted by Crippen LogP contribution is 2.18. The lowest BCUT2D eigenvalue weighted by atomic mass is 10.1. The minimum atomic E-state index is -0.862. The summed E-state index contributed by atoms with van der Waals surface area (Å²) in [5.41, 5.74) is 0.448. The van der Waals surface area contributed by atoms with Gasteiger partial charge in [-0.1, -0.05) is 13.8 Å². The van der Waals surface area contributed by atoms with E-state index in [4.69, 9.17) is 9.47 Å². The van der Waals surface area contributed by atoms with Gasteiger partial charge in [0.1, 0.15) is 11.8 Å². The van der Waals surface area contributed by atoms with E-state index < -0.39 is 12.0 Å². The zero-order valence-electron chi connectivity index (χ0n) is 17.1. The molecule has 2 amide bonds. The second-order valence-corrected chi connectivity index (χ2v) is 7.60. The number of carbonyl (C=O) groups excluding carboxylic acids is 3. The maximum absolute atomic E-state index is 12.9. The highest BCUT2D eigenvalue weighted by molar-refractivity contribution is 5.99. The van der Waals surface area contributed by atoms with Crippen molar-refractivity contribution in [1.82, 2.24) is 10.2 Å². The first-order valence-electron chi connectivity index (χ1n) is 9.79. The van der Waals surface area contributed by atoms with E-state index in [1.807, 2.05) is 27.7 Å². The Morgan fingerprint density at radius 3 is 2.46 bits per heavy atom. The Balaban J connectivity index is 2.04. The van der Waals surface area contributed by atoms with E-state index in [0.29, 0.717) is 36.9 Å². The Morgan fingerprint density at radius 2 is 1.86 bits per heavy atom. The zero-order valence-corrected chi connectivity index (χ0v) is 17.1. The average Bonchev–Trinajstić information content (AvgIpc) is 2.62. The molecule has 1 atom stereocenters. The Kier molecular flexibility index (Phi) is 7.84. The first-order valence-corrected chi connectivity index (χ1v) is 9.79. The fraction of sp³-hybridized carbons (Fsp3) is 0.571. The van der Waals surface area contributed by atoms with E-state index in [-0.39, 0.29) is 24.3 Å². The van der Waals surface area contributed by atoms with Crippen molar-refractivity contribution in [2.24, 2.45) is 5.92 Å². The van der Waals surface area contributed by atoms with E-state index in [9.17, 15) is 14.4 Å². The topological polar surface area (TPSA) is 84.9 Å². The molecule has 2 rings (SSSR count). The Morgan fingerprint density at radius 1 is 1.18 bits per heavy atom. The van der Waals surface area contributed by atoms with E-state index in [1.165, 1.54) is 4.90 Å². The minimum Gasteiger partial charge on any atom is -0.491 e. The van der Waals surface area contributed by atoms with Gasteiger partial charge in [-0.15, -0.1) is 0 Å². The normalized spacial score (nSPS) is 16.9. The van der Waals surface area contributed by atoms with Gasteiger partial charge in [-0.25, -0.2) is 0 Å². The van der Waals surface area contributed by atoms with Crippen molar-refractivity contribution in [2.75, 3.05) is 19.7 Å². The van der Waals surface area contributed by atoms with E-state index in [2.05, 4.69) is 5.32 Å². The highest BCUT2D eigenvalue weighted by atomic mass is 16.5. The number of piperazine rings is 1. The van der Waals surface area contributed by atoms with Crippen molar-refractivity contribution < 1.29 is 23.9 Å². The van der Waals surface area contributed by atoms with Crippen LogP contribution in [0, 0.1) is 5.92 Å². The average molecular weight is 390 g/mol. The fourth-order valence-corrected chi connectivity index (χ4v) is 2.90. The zero-order chi connectivity index (χ0) is 20.7. The van der Waals surface area contributed by atoms with Gasteiger partial charge in [0, 0.05) is 18.7 Å². The van der Waals surface area contributed by atoms with Crippen molar-refractivity contribution in [3.05, 3.63) is 29.8 Å². The molecule has 1 heterocycles. The van der Waals surface area contributed by atoms with Crippen molar-refractivity contribution >= 4 is 17.8 Å². The molecule has 1 N–H and O–H groups in total. The fourth-order valence-electron chi connectivity index (χ4n) is 2.90. The maximum Gasteiger partial charge on any atom is 0.308 e. The third kappa shape index (κ3) is 6.25. The molecule has 0 aromatic heterocycles. The van der Waals surface area contributed by atoms with Crippen molar-refractivity contribution in [3.63, 3.8) is 0 Å². The smallest absolute Gasteiger partial charge is 0.308 e. The summed E-state index contributed by atoms with van der Waals surface area (Å²) in [7, 11) is 0. The van der Waals surface area contributed by atoms with Crippen LogP contribution in [0.2, 0.25) is 0 Å². The predicted octanol–water partition coefficient (Wildman–Crippen LogP) is 2.39. The lowest BCUT2D eigenvalue weighted by Crippen LogP contribution is -2.57. The van der Waals surface area contributed by atoms with Gasteiger partial charge in [-0.2, -0.15) is 0 Å². The largest absolute Gasteiger partial charge is 0.491 e. The number of esters is 1. The molecule has 1 unspecified atom stereocenters. The summed E-state index contributed by atoms with van der Waals surface area (Å²) in [5.74, 6) is 0.00648. The van der Waals surface area contributed by atoms with Crippen LogP contribution in [-0.4, -0.2) is 54.5 Å². The number of nitrogens with zero attached hydrogens (tertiary/aromatic N) is 1. The number of nitrogens with one attached hydrogen (secondary N) is 1. The molecule has 154 valence electrons. The van der Waals surface area contributed by atoms with E-state index >= 15 is 0 Å². The molecule has 1 saturated heterocycles. The molecule has 1 fully saturated rings. The van der Waals surface area contributed by atoms with Crippen LogP contribution in [0.5, 0.6) is 5.75 Å². The molecule has 0 spiro atoms. The third-order valence-corrected chi connectivity index (χ3v) is 4.38. The summed E-state index contributed by atoms with van der Waals surface area (Å²) >= 11 is 0. The summed E-state index contributed by atoms with van der Waals surface area (Å²) in [6.07, 6.45) is 0.652. The Bertz CT molecular complexity index is 685. The maximum atomic E-state index is 12.9. The number of ether oxygens (including phenoxy) is 2. The summed E-state index contributed by atoms with van der Waals surface area (Å²) in [6, 6.07) is 5.94. The number of amides is 2. The summed E-state index contributed by atoms with van der Waals surface area (Å²) in [5, 5.41) is 2.72. The van der Waals surface area contributed by atoms with Crippen LogP contribution in [0.15, 0.2) is 24.3 Å². The third-order valence-electron chi connectivity index (χ3n) is 4.38. The molecule has 0 radical (unpaired) electrons. The van der Waals surface area contributed by atoms with Crippen LogP contribution < -0.4 is 10.1 Å². The highest BCUT2D eigenvalue weighted by Gasteiger charge is 2.35. The van der Waals surface area contributed by atoms with E-state index in [0.717, 1.165) is 6.42 Å². The van der Waals surface area contributed by atoms with Gasteiger partial charge in [-0.05, 0) is 50.5 Å². The molecule has 0 saturated carbocycles. The van der Waals surface area contributed by atoms with Crippen molar-refractivity contribution in [1.29, 1.82) is 0 Å². The van der Waals surface area contributed by atoms with Gasteiger partial charge < -0.3 is 19.7 Å². The van der Waals surface area contributed by atoms with Gasteiger partial charge in [0.15, 0.2) is 0 Å². The van der Waals surface area contributed by atoms with Gasteiger partial charge in [0.2, 0.25) is 5.91 Å². The second kappa shape index (κ2) is 10.1. The lowest BCUT2D eigenvalue weighted by Gasteiger charge is -2.34. The lowest BCUT2D eigenvalue weighted by molar-refractivity contribution is -0.148. The Hall–Kier alpha value is -2.57. The molecular weight excluding hydrogens is 360 g/mol. The van der Waals surface area contributed by atoms with Crippen LogP contribution in [0.1, 0.15) is 50.9 Å². The Labute approximate surface area is 166 Å². The number of carbonyl (C=O) groups is 3. The molecule has 1 aliphatic heterocycles. The van der Waals surface area contributed by atoms with Crippen LogP contribution in [-0.2, 0) is 14.3 Å². The van der Waals surface area contributed by atoms with Crippen LogP contribution >= 0.6 is 0 Å². The van der Waals surface area contributed by atoms with Gasteiger partial charge in [0.25, 0.3) is 5.91 Å². The molecule has 0 bridgehead atoms. The summed E-state index contributed by atoms with van der Waals surface area (Å²) < 4.78 is 10.8. The number of benzene rings is 1. The molecule has 0 aliphatic carbocycles. The van der Waals surface area contributed by atoms with Gasteiger partial charge >= 0.3 is 5.97 Å². The molecule has 28 heavy (non-hydrogen) atoms. The summed E-state index contributed by atoms with van der Waals surface area (Å²) in [4.78, 5) is 38.8. The molecular formula is C21H30N2O5. The molecule has 1 aromatic rings. The SMILES string of the molecule is CC(C)CCOC(=O)CC1C(=O)NCCN1C(=O)c1ccc(OC(C)C)cc1. The standard InChI is InChI=1S/C21H30N2O5/c1-14(2)9-12-27-19(24)13-18-20(25)22-10-11-23(18)21(26)16-5-7-17(8-6-16)28-15(3)4/h5-8,14-15,18H,9-13H2,1-4H3,(H,22,25). The van der Waals surface area contributed by atoms with Crippen LogP contribution in [0.25, 0.3) is 0 Å². The minimum absolute atomic E-state index is 0.0402. The van der Waals surface area contributed by atoms with Crippen molar-refractivity contribution in [2.45, 2.75) is 52.7 Å². The quantitative estimate of drug-likeness (QED) is 0.689. The molecule has 1 aromatic carbocycles. The molecule has 7 heteroatoms. The number of hydrogen-bond acceptors (Lipinski definition) is 5. The monoisotopic (exact) mass is 390 g/mol. The second-order valence-electron chi connectivity index (χ2n) is 7.60. The number of hydrogen-bond donors (Lipinski definition) is 1. The molecule has 1 aliphatic rings. The van der Waals surface area contributed by atoms with Crippen molar-refractivity contribution in [3.8, 4) is 5.75 Å². The first kappa shape index (κ1) is 21.7. The summed E-state index contributed by atoms with van der Waals surface area (Å²) in [6.45, 7) is 8.96. The van der Waals surface area contributed by atoms with Crippen LogP contribution in [0.3, 0.4) is 0 Å². The van der Waals surface area contributed by atoms with Crippen LogP contribution in [0.4, 0.5) is 0 Å². The van der Waals surface area contributed by atoms with E-state index in [1.54, 1.807) is 24.3 Å². The van der Waals surface area contributed by atoms with Gasteiger partial charge in [0.05, 0.1) is 19.1 Å². The first-order chi connectivity index (χ1) is 13.3. The van der Waals surface area contributed by atoms with Gasteiger partial charge in [-0.3, -0.25) is 14.4 Å². The molecule has 7 nitrogen and oxygen atoms in total. The predicted molar refractivity (Wildman–Crippen MR) is 105 cm³/mol. The number of rotatable bonds is 8.